The van der Waals surface area contributed by atoms with Crippen molar-refractivity contribution in [3.05, 3.63) is 11.8 Å². The lowest BCUT2D eigenvalue weighted by Crippen LogP contribution is -2.27. The minimum atomic E-state index is -0.322. The fraction of sp³-hybridized carbons (Fsp3) is 0.600. The number of anilines is 1. The molecular formula is C10H16N2O3. The van der Waals surface area contributed by atoms with Gasteiger partial charge in [0.2, 0.25) is 0 Å². The molecule has 84 valence electrons. The van der Waals surface area contributed by atoms with Gasteiger partial charge >= 0.3 is 0 Å². The van der Waals surface area contributed by atoms with Crippen LogP contribution in [0, 0.1) is 6.92 Å². The van der Waals surface area contributed by atoms with Crippen LogP contribution in [0.2, 0.25) is 0 Å². The fourth-order valence-electron chi connectivity index (χ4n) is 0.886. The second kappa shape index (κ2) is 4.44. The molecule has 0 saturated carbocycles. The van der Waals surface area contributed by atoms with E-state index in [-0.39, 0.29) is 18.1 Å². The third kappa shape index (κ3) is 4.60. The molecule has 1 heterocycles. The molecule has 0 fully saturated rings. The number of nitrogens with one attached hydrogen (secondary N) is 1. The lowest BCUT2D eigenvalue weighted by Gasteiger charge is -2.18. The van der Waals surface area contributed by atoms with Crippen molar-refractivity contribution in [3.63, 3.8) is 0 Å². The SMILES string of the molecule is Cc1cc(NC(=O)COC(C)(C)C)no1. The zero-order valence-corrected chi connectivity index (χ0v) is 9.46. The molecule has 0 saturated heterocycles. The molecule has 1 amide bonds. The Labute approximate surface area is 88.8 Å². The molecule has 5 nitrogen and oxygen atoms in total. The van der Waals surface area contributed by atoms with Crippen molar-refractivity contribution in [3.8, 4) is 0 Å². The van der Waals surface area contributed by atoms with E-state index in [4.69, 9.17) is 9.26 Å². The van der Waals surface area contributed by atoms with Crippen molar-refractivity contribution < 1.29 is 14.1 Å². The highest BCUT2D eigenvalue weighted by Gasteiger charge is 2.13. The van der Waals surface area contributed by atoms with E-state index in [9.17, 15) is 4.79 Å². The van der Waals surface area contributed by atoms with E-state index in [2.05, 4.69) is 10.5 Å². The summed E-state index contributed by atoms with van der Waals surface area (Å²) in [4.78, 5) is 11.4. The van der Waals surface area contributed by atoms with Crippen LogP contribution in [0.15, 0.2) is 10.6 Å². The van der Waals surface area contributed by atoms with Gasteiger partial charge in [-0.1, -0.05) is 5.16 Å². The van der Waals surface area contributed by atoms with E-state index in [1.807, 2.05) is 20.8 Å². The average Bonchev–Trinajstić information content (AvgIpc) is 2.47. The third-order valence-electron chi connectivity index (χ3n) is 1.53. The Kier molecular flexibility index (Phi) is 3.47. The number of carbonyl (C=O) groups is 1. The quantitative estimate of drug-likeness (QED) is 0.828. The third-order valence-corrected chi connectivity index (χ3v) is 1.53. The maximum absolute atomic E-state index is 11.4. The minimum absolute atomic E-state index is 0.00933. The number of rotatable bonds is 3. The molecule has 0 aliphatic rings. The first-order valence-electron chi connectivity index (χ1n) is 4.74. The van der Waals surface area contributed by atoms with Gasteiger partial charge in [-0.3, -0.25) is 4.79 Å². The highest BCUT2D eigenvalue weighted by Crippen LogP contribution is 2.08. The molecule has 1 aromatic rings. The summed E-state index contributed by atoms with van der Waals surface area (Å²) in [5.74, 6) is 0.829. The Morgan fingerprint density at radius 1 is 1.60 bits per heavy atom. The second-order valence-electron chi connectivity index (χ2n) is 4.27. The Balaban J connectivity index is 2.37. The van der Waals surface area contributed by atoms with Gasteiger partial charge in [0.25, 0.3) is 5.91 Å². The minimum Gasteiger partial charge on any atom is -0.366 e. The van der Waals surface area contributed by atoms with Crippen LogP contribution in [0.4, 0.5) is 5.82 Å². The zero-order valence-electron chi connectivity index (χ0n) is 9.46. The summed E-state index contributed by atoms with van der Waals surface area (Å²) in [6, 6.07) is 1.65. The van der Waals surface area contributed by atoms with Gasteiger partial charge < -0.3 is 14.6 Å². The van der Waals surface area contributed by atoms with Gasteiger partial charge in [0, 0.05) is 6.07 Å². The summed E-state index contributed by atoms with van der Waals surface area (Å²) in [5.41, 5.74) is -0.322. The highest BCUT2D eigenvalue weighted by molar-refractivity contribution is 5.90. The summed E-state index contributed by atoms with van der Waals surface area (Å²) in [6.45, 7) is 7.44. The predicted octanol–water partition coefficient (Wildman–Crippen LogP) is 1.74. The van der Waals surface area contributed by atoms with Crippen molar-refractivity contribution in [2.75, 3.05) is 11.9 Å². The lowest BCUT2D eigenvalue weighted by molar-refractivity contribution is -0.125. The maximum atomic E-state index is 11.4. The van der Waals surface area contributed by atoms with Gasteiger partial charge in [-0.2, -0.15) is 0 Å². The molecule has 5 heteroatoms. The molecule has 1 N–H and O–H groups in total. The van der Waals surface area contributed by atoms with Gasteiger partial charge in [-0.25, -0.2) is 0 Å². The van der Waals surface area contributed by atoms with Crippen molar-refractivity contribution >= 4 is 11.7 Å². The molecule has 15 heavy (non-hydrogen) atoms. The van der Waals surface area contributed by atoms with Crippen LogP contribution in [0.5, 0.6) is 0 Å². The van der Waals surface area contributed by atoms with E-state index >= 15 is 0 Å². The monoisotopic (exact) mass is 212 g/mol. The van der Waals surface area contributed by atoms with Crippen molar-refractivity contribution in [2.24, 2.45) is 0 Å². The number of aryl methyl sites for hydroxylation is 1. The fourth-order valence-corrected chi connectivity index (χ4v) is 0.886. The normalized spacial score (nSPS) is 11.5. The van der Waals surface area contributed by atoms with E-state index in [0.717, 1.165) is 0 Å². The summed E-state index contributed by atoms with van der Waals surface area (Å²) >= 11 is 0. The van der Waals surface area contributed by atoms with Crippen LogP contribution in [-0.2, 0) is 9.53 Å². The highest BCUT2D eigenvalue weighted by atomic mass is 16.5. The van der Waals surface area contributed by atoms with Crippen molar-refractivity contribution in [2.45, 2.75) is 33.3 Å². The molecule has 0 spiro atoms. The molecular weight excluding hydrogens is 196 g/mol. The van der Waals surface area contributed by atoms with E-state index in [1.54, 1.807) is 13.0 Å². The summed E-state index contributed by atoms with van der Waals surface area (Å²) in [6.07, 6.45) is 0. The smallest absolute Gasteiger partial charge is 0.251 e. The number of amides is 1. The number of hydrogen-bond donors (Lipinski definition) is 1. The van der Waals surface area contributed by atoms with Crippen LogP contribution in [0.3, 0.4) is 0 Å². The van der Waals surface area contributed by atoms with Crippen LogP contribution in [0.1, 0.15) is 26.5 Å². The van der Waals surface area contributed by atoms with Crippen molar-refractivity contribution in [1.29, 1.82) is 0 Å². The first kappa shape index (κ1) is 11.7. The molecule has 0 aliphatic carbocycles. The van der Waals surface area contributed by atoms with E-state index in [0.29, 0.717) is 11.6 Å². The molecule has 0 radical (unpaired) electrons. The summed E-state index contributed by atoms with van der Waals surface area (Å²) in [7, 11) is 0. The second-order valence-corrected chi connectivity index (χ2v) is 4.27. The van der Waals surface area contributed by atoms with Crippen LogP contribution >= 0.6 is 0 Å². The van der Waals surface area contributed by atoms with Crippen LogP contribution in [-0.4, -0.2) is 23.3 Å². The first-order valence-corrected chi connectivity index (χ1v) is 4.74. The molecule has 0 aliphatic heterocycles. The number of nitrogens with zero attached hydrogens (tertiary/aromatic N) is 1. The Morgan fingerprint density at radius 3 is 2.73 bits per heavy atom. The molecule has 1 aromatic heterocycles. The van der Waals surface area contributed by atoms with Gasteiger partial charge in [-0.15, -0.1) is 0 Å². The molecule has 1 rings (SSSR count). The standard InChI is InChI=1S/C10H16N2O3/c1-7-5-8(12-15-7)11-9(13)6-14-10(2,3)4/h5H,6H2,1-4H3,(H,11,12,13). The maximum Gasteiger partial charge on any atom is 0.251 e. The van der Waals surface area contributed by atoms with Gasteiger partial charge in [0.05, 0.1) is 5.60 Å². The number of carbonyl (C=O) groups excluding carboxylic acids is 1. The summed E-state index contributed by atoms with van der Waals surface area (Å²) in [5, 5.41) is 6.20. The Bertz CT molecular complexity index is 339. The molecule has 0 unspecified atom stereocenters. The zero-order chi connectivity index (χ0) is 11.5. The summed E-state index contributed by atoms with van der Waals surface area (Å²) < 4.78 is 10.1. The Morgan fingerprint density at radius 2 is 2.27 bits per heavy atom. The first-order chi connectivity index (χ1) is 6.87. The van der Waals surface area contributed by atoms with Crippen molar-refractivity contribution in [1.82, 2.24) is 5.16 Å². The predicted molar refractivity (Wildman–Crippen MR) is 55.6 cm³/mol. The van der Waals surface area contributed by atoms with E-state index < -0.39 is 0 Å². The van der Waals surface area contributed by atoms with Crippen LogP contribution in [0.25, 0.3) is 0 Å². The average molecular weight is 212 g/mol. The van der Waals surface area contributed by atoms with Gasteiger partial charge in [-0.05, 0) is 27.7 Å². The topological polar surface area (TPSA) is 64.4 Å². The van der Waals surface area contributed by atoms with Gasteiger partial charge in [0.1, 0.15) is 12.4 Å². The molecule has 0 aromatic carbocycles. The molecule has 0 atom stereocenters. The lowest BCUT2D eigenvalue weighted by atomic mass is 10.2. The number of aromatic nitrogens is 1. The largest absolute Gasteiger partial charge is 0.366 e. The number of hydrogen-bond acceptors (Lipinski definition) is 4. The van der Waals surface area contributed by atoms with Gasteiger partial charge in [0.15, 0.2) is 5.82 Å². The Hall–Kier alpha value is -1.36. The number of ether oxygens (including phenoxy) is 1. The van der Waals surface area contributed by atoms with E-state index in [1.165, 1.54) is 0 Å². The molecule has 0 bridgehead atoms. The van der Waals surface area contributed by atoms with Crippen LogP contribution < -0.4 is 5.32 Å².